The SMILES string of the molecule is CCn1ccnc1CC(CSc1ccccc1Br)NN. The van der Waals surface area contributed by atoms with Crippen molar-refractivity contribution in [3.8, 4) is 0 Å². The fourth-order valence-corrected chi connectivity index (χ4v) is 3.56. The maximum absolute atomic E-state index is 5.67. The summed E-state index contributed by atoms with van der Waals surface area (Å²) in [7, 11) is 0. The number of aryl methyl sites for hydroxylation is 1. The summed E-state index contributed by atoms with van der Waals surface area (Å²) in [5, 5.41) is 0. The largest absolute Gasteiger partial charge is 0.335 e. The molecule has 20 heavy (non-hydrogen) atoms. The first-order chi connectivity index (χ1) is 9.74. The lowest BCUT2D eigenvalue weighted by molar-refractivity contribution is 0.543. The molecule has 0 spiro atoms. The summed E-state index contributed by atoms with van der Waals surface area (Å²) in [4.78, 5) is 5.62. The zero-order valence-corrected chi connectivity index (χ0v) is 13.8. The van der Waals surface area contributed by atoms with E-state index in [-0.39, 0.29) is 6.04 Å². The Morgan fingerprint density at radius 3 is 2.95 bits per heavy atom. The van der Waals surface area contributed by atoms with Crippen LogP contribution in [-0.2, 0) is 13.0 Å². The van der Waals surface area contributed by atoms with Gasteiger partial charge in [0.05, 0.1) is 0 Å². The monoisotopic (exact) mass is 354 g/mol. The van der Waals surface area contributed by atoms with Crippen molar-refractivity contribution >= 4 is 27.7 Å². The molecule has 1 heterocycles. The van der Waals surface area contributed by atoms with Crippen molar-refractivity contribution in [2.75, 3.05) is 5.75 Å². The van der Waals surface area contributed by atoms with E-state index in [0.717, 1.165) is 29.0 Å². The van der Waals surface area contributed by atoms with Crippen LogP contribution >= 0.6 is 27.7 Å². The number of thioether (sulfide) groups is 1. The molecule has 6 heteroatoms. The Bertz CT molecular complexity index is 543. The second-order valence-corrected chi connectivity index (χ2v) is 6.35. The molecule has 0 aliphatic heterocycles. The van der Waals surface area contributed by atoms with E-state index in [1.54, 1.807) is 11.8 Å². The van der Waals surface area contributed by atoms with Crippen LogP contribution in [0.3, 0.4) is 0 Å². The molecule has 1 aromatic heterocycles. The molecular weight excluding hydrogens is 336 g/mol. The van der Waals surface area contributed by atoms with Crippen LogP contribution in [0.1, 0.15) is 12.7 Å². The number of benzene rings is 1. The van der Waals surface area contributed by atoms with E-state index in [1.807, 2.05) is 24.5 Å². The van der Waals surface area contributed by atoms with E-state index in [0.29, 0.717) is 0 Å². The molecule has 0 aliphatic carbocycles. The van der Waals surface area contributed by atoms with Gasteiger partial charge >= 0.3 is 0 Å². The molecule has 0 saturated heterocycles. The van der Waals surface area contributed by atoms with E-state index in [2.05, 4.69) is 50.0 Å². The Balaban J connectivity index is 1.94. The number of hydrazine groups is 1. The molecule has 1 unspecified atom stereocenters. The highest BCUT2D eigenvalue weighted by molar-refractivity contribution is 9.10. The topological polar surface area (TPSA) is 55.9 Å². The third kappa shape index (κ3) is 4.09. The number of aromatic nitrogens is 2. The minimum atomic E-state index is 0.194. The van der Waals surface area contributed by atoms with Crippen molar-refractivity contribution in [1.29, 1.82) is 0 Å². The van der Waals surface area contributed by atoms with Crippen LogP contribution in [0.25, 0.3) is 0 Å². The number of nitrogens with one attached hydrogen (secondary N) is 1. The molecule has 108 valence electrons. The highest BCUT2D eigenvalue weighted by Crippen LogP contribution is 2.27. The fraction of sp³-hybridized carbons (Fsp3) is 0.357. The van der Waals surface area contributed by atoms with Gasteiger partial charge in [0.1, 0.15) is 5.82 Å². The lowest BCUT2D eigenvalue weighted by atomic mass is 10.2. The summed E-state index contributed by atoms with van der Waals surface area (Å²) in [6, 6.07) is 8.42. The van der Waals surface area contributed by atoms with E-state index in [9.17, 15) is 0 Å². The van der Waals surface area contributed by atoms with Crippen molar-refractivity contribution in [3.05, 3.63) is 47.0 Å². The summed E-state index contributed by atoms with van der Waals surface area (Å²) in [6.45, 7) is 3.05. The molecule has 2 aromatic rings. The van der Waals surface area contributed by atoms with Crippen molar-refractivity contribution in [1.82, 2.24) is 15.0 Å². The summed E-state index contributed by atoms with van der Waals surface area (Å²) in [5.74, 6) is 7.64. The van der Waals surface area contributed by atoms with E-state index in [4.69, 9.17) is 5.84 Å². The smallest absolute Gasteiger partial charge is 0.110 e. The molecule has 2 rings (SSSR count). The van der Waals surface area contributed by atoms with Gasteiger partial charge in [0.15, 0.2) is 0 Å². The average molecular weight is 355 g/mol. The van der Waals surface area contributed by atoms with Crippen molar-refractivity contribution in [2.45, 2.75) is 30.8 Å². The Morgan fingerprint density at radius 2 is 2.25 bits per heavy atom. The van der Waals surface area contributed by atoms with Crippen molar-refractivity contribution < 1.29 is 0 Å². The number of hydrogen-bond donors (Lipinski definition) is 2. The zero-order chi connectivity index (χ0) is 14.4. The minimum absolute atomic E-state index is 0.194. The molecule has 1 atom stereocenters. The lowest BCUT2D eigenvalue weighted by Crippen LogP contribution is -2.39. The molecule has 0 radical (unpaired) electrons. The molecule has 0 aliphatic rings. The van der Waals surface area contributed by atoms with Gasteiger partial charge in [-0.2, -0.15) is 0 Å². The minimum Gasteiger partial charge on any atom is -0.335 e. The summed E-state index contributed by atoms with van der Waals surface area (Å²) >= 11 is 5.35. The third-order valence-corrected chi connectivity index (χ3v) is 5.27. The van der Waals surface area contributed by atoms with Crippen LogP contribution < -0.4 is 11.3 Å². The van der Waals surface area contributed by atoms with Crippen LogP contribution in [0.5, 0.6) is 0 Å². The average Bonchev–Trinajstić information content (AvgIpc) is 2.92. The number of rotatable bonds is 7. The number of nitrogens with zero attached hydrogens (tertiary/aromatic N) is 2. The molecular formula is C14H19BrN4S. The number of imidazole rings is 1. The standard InChI is InChI=1S/C14H19BrN4S/c1-2-19-8-7-17-14(19)9-11(18-16)10-20-13-6-4-3-5-12(13)15/h3-8,11,18H,2,9-10,16H2,1H3. The highest BCUT2D eigenvalue weighted by atomic mass is 79.9. The first kappa shape index (κ1) is 15.6. The van der Waals surface area contributed by atoms with Crippen LogP contribution in [-0.4, -0.2) is 21.3 Å². The first-order valence-corrected chi connectivity index (χ1v) is 8.36. The fourth-order valence-electron chi connectivity index (χ4n) is 1.96. The normalized spacial score (nSPS) is 12.6. The van der Waals surface area contributed by atoms with Gasteiger partial charge < -0.3 is 4.57 Å². The summed E-state index contributed by atoms with van der Waals surface area (Å²) in [5.41, 5.74) is 2.89. The van der Waals surface area contributed by atoms with Gasteiger partial charge in [0, 0.05) is 46.5 Å². The van der Waals surface area contributed by atoms with Gasteiger partial charge in [-0.25, -0.2) is 4.98 Å². The molecule has 1 aromatic carbocycles. The van der Waals surface area contributed by atoms with Crippen molar-refractivity contribution in [3.63, 3.8) is 0 Å². The third-order valence-electron chi connectivity index (χ3n) is 3.08. The lowest BCUT2D eigenvalue weighted by Gasteiger charge is -2.16. The molecule has 4 nitrogen and oxygen atoms in total. The zero-order valence-electron chi connectivity index (χ0n) is 11.4. The van der Waals surface area contributed by atoms with Gasteiger partial charge in [0.25, 0.3) is 0 Å². The number of hydrogen-bond acceptors (Lipinski definition) is 4. The Kier molecular flexibility index (Phi) is 6.09. The predicted molar refractivity (Wildman–Crippen MR) is 87.6 cm³/mol. The first-order valence-electron chi connectivity index (χ1n) is 6.58. The van der Waals surface area contributed by atoms with E-state index >= 15 is 0 Å². The number of nitrogens with two attached hydrogens (primary N) is 1. The van der Waals surface area contributed by atoms with Crippen LogP contribution in [0, 0.1) is 0 Å². The molecule has 0 saturated carbocycles. The number of halogens is 1. The van der Waals surface area contributed by atoms with Crippen LogP contribution in [0.4, 0.5) is 0 Å². The highest BCUT2D eigenvalue weighted by Gasteiger charge is 2.12. The molecule has 0 fully saturated rings. The van der Waals surface area contributed by atoms with Gasteiger partial charge in [-0.1, -0.05) is 12.1 Å². The molecule has 0 amide bonds. The molecule has 3 N–H and O–H groups in total. The summed E-state index contributed by atoms with van der Waals surface area (Å²) < 4.78 is 3.27. The van der Waals surface area contributed by atoms with Gasteiger partial charge in [0.2, 0.25) is 0 Å². The van der Waals surface area contributed by atoms with Gasteiger partial charge in [-0.3, -0.25) is 11.3 Å². The second kappa shape index (κ2) is 7.83. The van der Waals surface area contributed by atoms with Gasteiger partial charge in [-0.15, -0.1) is 11.8 Å². The van der Waals surface area contributed by atoms with Crippen LogP contribution in [0.15, 0.2) is 46.0 Å². The second-order valence-electron chi connectivity index (χ2n) is 4.44. The van der Waals surface area contributed by atoms with Crippen LogP contribution in [0.2, 0.25) is 0 Å². The summed E-state index contributed by atoms with van der Waals surface area (Å²) in [6.07, 6.45) is 4.67. The van der Waals surface area contributed by atoms with Gasteiger partial charge in [-0.05, 0) is 35.0 Å². The Labute approximate surface area is 132 Å². The maximum Gasteiger partial charge on any atom is 0.110 e. The maximum atomic E-state index is 5.67. The Hall–Kier alpha value is -0.820. The predicted octanol–water partition coefficient (Wildman–Crippen LogP) is 2.83. The molecule has 0 bridgehead atoms. The quantitative estimate of drug-likeness (QED) is 0.456. The van der Waals surface area contributed by atoms with E-state index < -0.39 is 0 Å². The van der Waals surface area contributed by atoms with E-state index in [1.165, 1.54) is 4.90 Å². The Morgan fingerprint density at radius 1 is 1.45 bits per heavy atom. The van der Waals surface area contributed by atoms with Crippen molar-refractivity contribution in [2.24, 2.45) is 5.84 Å².